The van der Waals surface area contributed by atoms with Crippen LogP contribution >= 0.6 is 0 Å². The third kappa shape index (κ3) is 1.41. The van der Waals surface area contributed by atoms with Crippen LogP contribution in [0, 0.1) is 0 Å². The van der Waals surface area contributed by atoms with Crippen molar-refractivity contribution in [3.63, 3.8) is 0 Å². The lowest BCUT2D eigenvalue weighted by molar-refractivity contribution is 0.0958. The molecule has 1 rings (SSSR count). The van der Waals surface area contributed by atoms with E-state index in [9.17, 15) is 4.79 Å². The van der Waals surface area contributed by atoms with Gasteiger partial charge >= 0.3 is 0 Å². The third-order valence-electron chi connectivity index (χ3n) is 1.05. The van der Waals surface area contributed by atoms with Crippen molar-refractivity contribution in [1.82, 2.24) is 10.5 Å². The van der Waals surface area contributed by atoms with Crippen LogP contribution < -0.4 is 5.32 Å². The average Bonchev–Trinajstić information content (AvgIpc) is 2.38. The van der Waals surface area contributed by atoms with Gasteiger partial charge in [0, 0.05) is 6.07 Å². The Balaban J connectivity index is 2.59. The van der Waals surface area contributed by atoms with Crippen molar-refractivity contribution < 1.29 is 9.32 Å². The first-order valence-electron chi connectivity index (χ1n) is 2.93. The van der Waals surface area contributed by atoms with Crippen molar-refractivity contribution in [3.8, 4) is 0 Å². The molecule has 0 saturated carbocycles. The fourth-order valence-electron chi connectivity index (χ4n) is 0.607. The predicted octanol–water partition coefficient (Wildman–Crippen LogP) is 0.0767. The fourth-order valence-corrected chi connectivity index (χ4v) is 0.607. The summed E-state index contributed by atoms with van der Waals surface area (Å²) in [5, 5.41) is 6.12. The summed E-state index contributed by atoms with van der Waals surface area (Å²) in [5.74, 6) is 0.217. The van der Waals surface area contributed by atoms with Gasteiger partial charge in [0.1, 0.15) is 0 Å². The van der Waals surface area contributed by atoms with Gasteiger partial charge < -0.3 is 9.84 Å². The number of likely N-dealkylation sites (N-methyl/N-ethyl adjacent to an activating group) is 1. The van der Waals surface area contributed by atoms with Gasteiger partial charge in [0.15, 0.2) is 0 Å². The van der Waals surface area contributed by atoms with Crippen LogP contribution in [0.2, 0.25) is 0 Å². The van der Waals surface area contributed by atoms with Crippen LogP contribution in [0.4, 0.5) is 0 Å². The van der Waals surface area contributed by atoms with E-state index in [0.29, 0.717) is 5.76 Å². The summed E-state index contributed by atoms with van der Waals surface area (Å²) in [6, 6.07) is 1.54. The van der Waals surface area contributed by atoms with Crippen molar-refractivity contribution >= 4 is 5.78 Å². The van der Waals surface area contributed by atoms with E-state index in [4.69, 9.17) is 0 Å². The molecule has 0 aliphatic heterocycles. The van der Waals surface area contributed by atoms with Gasteiger partial charge in [-0.2, -0.15) is 0 Å². The molecule has 0 unspecified atom stereocenters. The van der Waals surface area contributed by atoms with E-state index in [1.807, 2.05) is 0 Å². The summed E-state index contributed by atoms with van der Waals surface area (Å²) in [4.78, 5) is 10.9. The van der Waals surface area contributed by atoms with Crippen molar-refractivity contribution in [2.45, 2.75) is 0 Å². The van der Waals surface area contributed by atoms with Gasteiger partial charge in [-0.15, -0.1) is 0 Å². The van der Waals surface area contributed by atoms with Crippen molar-refractivity contribution in [2.24, 2.45) is 0 Å². The Hall–Kier alpha value is -1.16. The highest BCUT2D eigenvalue weighted by atomic mass is 16.5. The molecule has 1 heterocycles. The first-order valence-corrected chi connectivity index (χ1v) is 2.93. The minimum Gasteiger partial charge on any atom is -0.353 e. The lowest BCUT2D eigenvalue weighted by Gasteiger charge is -1.91. The molecule has 1 aromatic heterocycles. The average molecular weight is 140 g/mol. The number of carbonyl (C=O) groups is 1. The van der Waals surface area contributed by atoms with E-state index < -0.39 is 0 Å². The molecule has 4 heteroatoms. The van der Waals surface area contributed by atoms with Crippen LogP contribution in [0.15, 0.2) is 16.8 Å². The van der Waals surface area contributed by atoms with Crippen LogP contribution in [0.1, 0.15) is 10.6 Å². The van der Waals surface area contributed by atoms with E-state index >= 15 is 0 Å². The molecule has 0 saturated heterocycles. The third-order valence-corrected chi connectivity index (χ3v) is 1.05. The zero-order valence-corrected chi connectivity index (χ0v) is 5.63. The highest BCUT2D eigenvalue weighted by Crippen LogP contribution is 1.95. The quantitative estimate of drug-likeness (QED) is 0.604. The Morgan fingerprint density at radius 1 is 1.90 bits per heavy atom. The Bertz CT molecular complexity index is 206. The molecule has 0 amide bonds. The van der Waals surface area contributed by atoms with Gasteiger partial charge in [-0.05, 0) is 7.05 Å². The number of aromatic nitrogens is 1. The molecule has 0 aliphatic carbocycles. The highest BCUT2D eigenvalue weighted by molar-refractivity contribution is 5.94. The molecule has 10 heavy (non-hydrogen) atoms. The molecule has 54 valence electrons. The minimum atomic E-state index is -0.0833. The first kappa shape index (κ1) is 6.95. The van der Waals surface area contributed by atoms with Gasteiger partial charge in [0.2, 0.25) is 11.5 Å². The second kappa shape index (κ2) is 3.12. The zero-order chi connectivity index (χ0) is 7.40. The molecule has 1 aromatic rings. The van der Waals surface area contributed by atoms with Gasteiger partial charge in [-0.3, -0.25) is 4.79 Å². The van der Waals surface area contributed by atoms with Gasteiger partial charge in [-0.25, -0.2) is 0 Å². The second-order valence-corrected chi connectivity index (χ2v) is 1.83. The number of rotatable bonds is 3. The predicted molar refractivity (Wildman–Crippen MR) is 34.8 cm³/mol. The zero-order valence-electron chi connectivity index (χ0n) is 5.63. The number of nitrogens with zero attached hydrogens (tertiary/aromatic N) is 1. The van der Waals surface area contributed by atoms with E-state index in [-0.39, 0.29) is 12.3 Å². The summed E-state index contributed by atoms with van der Waals surface area (Å²) in [6.07, 6.45) is 1.45. The number of Topliss-reactive ketones (excluding diaryl/α,β-unsaturated/α-hetero) is 1. The fraction of sp³-hybridized carbons (Fsp3) is 0.333. The number of nitrogens with one attached hydrogen (secondary N) is 1. The molecule has 4 nitrogen and oxygen atoms in total. The smallest absolute Gasteiger partial charge is 0.214 e. The van der Waals surface area contributed by atoms with Crippen LogP contribution in [0.25, 0.3) is 0 Å². The van der Waals surface area contributed by atoms with Crippen LogP contribution in [0.3, 0.4) is 0 Å². The lowest BCUT2D eigenvalue weighted by Crippen LogP contribution is -2.17. The summed E-state index contributed by atoms with van der Waals surface area (Å²) in [5.41, 5.74) is 0. The monoisotopic (exact) mass is 140 g/mol. The van der Waals surface area contributed by atoms with Crippen LogP contribution in [-0.4, -0.2) is 24.5 Å². The van der Waals surface area contributed by atoms with Crippen molar-refractivity contribution in [2.75, 3.05) is 13.6 Å². The van der Waals surface area contributed by atoms with E-state index in [2.05, 4.69) is 15.0 Å². The SMILES string of the molecule is CNCC(=O)c1ccno1. The van der Waals surface area contributed by atoms with Gasteiger partial charge in [0.25, 0.3) is 0 Å². The summed E-state index contributed by atoms with van der Waals surface area (Å²) >= 11 is 0. The van der Waals surface area contributed by atoms with Gasteiger partial charge in [-0.1, -0.05) is 5.16 Å². The Morgan fingerprint density at radius 3 is 3.20 bits per heavy atom. The Morgan fingerprint density at radius 2 is 2.70 bits per heavy atom. The first-order chi connectivity index (χ1) is 4.84. The van der Waals surface area contributed by atoms with Crippen molar-refractivity contribution in [3.05, 3.63) is 18.0 Å². The lowest BCUT2D eigenvalue weighted by atomic mass is 10.3. The standard InChI is InChI=1S/C6H8N2O2/c1-7-4-5(9)6-2-3-8-10-6/h2-3,7H,4H2,1H3. The molecular formula is C6H8N2O2. The van der Waals surface area contributed by atoms with Crippen LogP contribution in [0.5, 0.6) is 0 Å². The number of hydrogen-bond donors (Lipinski definition) is 1. The maximum absolute atomic E-state index is 10.9. The summed E-state index contributed by atoms with van der Waals surface area (Å²) in [7, 11) is 1.70. The maximum Gasteiger partial charge on any atom is 0.214 e. The molecule has 1 N–H and O–H groups in total. The van der Waals surface area contributed by atoms with Crippen molar-refractivity contribution in [1.29, 1.82) is 0 Å². The second-order valence-electron chi connectivity index (χ2n) is 1.83. The maximum atomic E-state index is 10.9. The van der Waals surface area contributed by atoms with E-state index in [1.54, 1.807) is 13.1 Å². The summed E-state index contributed by atoms with van der Waals surface area (Å²) < 4.78 is 4.61. The number of ketones is 1. The summed E-state index contributed by atoms with van der Waals surface area (Å²) in [6.45, 7) is 0.287. The van der Waals surface area contributed by atoms with E-state index in [0.717, 1.165) is 0 Å². The molecule has 0 aromatic carbocycles. The Labute approximate surface area is 58.2 Å². The number of carbonyl (C=O) groups excluding carboxylic acids is 1. The largest absolute Gasteiger partial charge is 0.353 e. The minimum absolute atomic E-state index is 0.0833. The normalized spacial score (nSPS) is 9.70. The molecule has 0 radical (unpaired) electrons. The van der Waals surface area contributed by atoms with E-state index in [1.165, 1.54) is 6.20 Å². The molecule has 0 fully saturated rings. The Kier molecular flexibility index (Phi) is 2.17. The highest BCUT2D eigenvalue weighted by Gasteiger charge is 2.06. The molecule has 0 spiro atoms. The molecular weight excluding hydrogens is 132 g/mol. The number of hydrogen-bond acceptors (Lipinski definition) is 4. The van der Waals surface area contributed by atoms with Crippen LogP contribution in [-0.2, 0) is 0 Å². The van der Waals surface area contributed by atoms with Gasteiger partial charge in [0.05, 0.1) is 12.7 Å². The molecule has 0 bridgehead atoms. The topological polar surface area (TPSA) is 55.1 Å². The molecule has 0 aliphatic rings. The molecule has 0 atom stereocenters.